The van der Waals surface area contributed by atoms with Crippen LogP contribution in [0.5, 0.6) is 0 Å². The fourth-order valence-electron chi connectivity index (χ4n) is 1.18. The standard InChI is InChI=1S/C11H7ClN2S/c12-9-3-1-4-10(7-9)15-11-5-2-6-14(11)8-13/h1-7H. The summed E-state index contributed by atoms with van der Waals surface area (Å²) < 4.78 is 1.52. The zero-order valence-corrected chi connectivity index (χ0v) is 9.29. The molecule has 74 valence electrons. The molecule has 1 heterocycles. The van der Waals surface area contributed by atoms with E-state index in [1.807, 2.05) is 36.4 Å². The van der Waals surface area contributed by atoms with Crippen LogP contribution in [0.4, 0.5) is 0 Å². The third-order valence-corrected chi connectivity index (χ3v) is 3.10. The highest BCUT2D eigenvalue weighted by molar-refractivity contribution is 7.99. The monoisotopic (exact) mass is 234 g/mol. The first-order chi connectivity index (χ1) is 7.29. The van der Waals surface area contributed by atoms with E-state index < -0.39 is 0 Å². The molecular formula is C11H7ClN2S. The second kappa shape index (κ2) is 4.43. The number of aromatic nitrogens is 1. The van der Waals surface area contributed by atoms with Gasteiger partial charge in [-0.25, -0.2) is 4.57 Å². The Bertz CT molecular complexity index is 513. The van der Waals surface area contributed by atoms with Crippen LogP contribution in [0.25, 0.3) is 0 Å². The average Bonchev–Trinajstić information content (AvgIpc) is 2.65. The van der Waals surface area contributed by atoms with Gasteiger partial charge in [-0.1, -0.05) is 29.4 Å². The summed E-state index contributed by atoms with van der Waals surface area (Å²) in [6, 6.07) is 11.3. The van der Waals surface area contributed by atoms with Gasteiger partial charge in [0.2, 0.25) is 0 Å². The molecule has 2 rings (SSSR count). The Balaban J connectivity index is 2.26. The minimum Gasteiger partial charge on any atom is -0.249 e. The van der Waals surface area contributed by atoms with Crippen LogP contribution in [0.15, 0.2) is 52.5 Å². The summed E-state index contributed by atoms with van der Waals surface area (Å²) in [6.07, 6.45) is 3.80. The van der Waals surface area contributed by atoms with Crippen molar-refractivity contribution in [1.82, 2.24) is 4.57 Å². The SMILES string of the molecule is N#Cn1cccc1Sc1cccc(Cl)c1. The van der Waals surface area contributed by atoms with E-state index in [4.69, 9.17) is 16.9 Å². The first kappa shape index (κ1) is 10.2. The molecule has 0 atom stereocenters. The van der Waals surface area contributed by atoms with Crippen LogP contribution in [0.2, 0.25) is 5.02 Å². The molecule has 15 heavy (non-hydrogen) atoms. The van der Waals surface area contributed by atoms with Gasteiger partial charge in [-0.15, -0.1) is 0 Å². The lowest BCUT2D eigenvalue weighted by Gasteiger charge is -2.01. The summed E-state index contributed by atoms with van der Waals surface area (Å²) in [6.45, 7) is 0. The Hall–Kier alpha value is -1.37. The van der Waals surface area contributed by atoms with Crippen molar-refractivity contribution in [3.05, 3.63) is 47.6 Å². The predicted octanol–water partition coefficient (Wildman–Crippen LogP) is 3.62. The van der Waals surface area contributed by atoms with Crippen molar-refractivity contribution in [3.63, 3.8) is 0 Å². The van der Waals surface area contributed by atoms with Gasteiger partial charge >= 0.3 is 0 Å². The number of nitriles is 1. The molecule has 0 fully saturated rings. The molecule has 0 aliphatic rings. The lowest BCUT2D eigenvalue weighted by Crippen LogP contribution is -1.86. The van der Waals surface area contributed by atoms with E-state index in [0.29, 0.717) is 5.02 Å². The zero-order valence-electron chi connectivity index (χ0n) is 7.72. The first-order valence-electron chi connectivity index (χ1n) is 4.30. The van der Waals surface area contributed by atoms with Gasteiger partial charge in [0.05, 0.1) is 5.03 Å². The van der Waals surface area contributed by atoms with E-state index in [9.17, 15) is 0 Å². The van der Waals surface area contributed by atoms with Gasteiger partial charge in [-0.2, -0.15) is 5.26 Å². The normalized spacial score (nSPS) is 9.87. The van der Waals surface area contributed by atoms with Crippen molar-refractivity contribution >= 4 is 23.4 Å². The van der Waals surface area contributed by atoms with Crippen LogP contribution in [-0.2, 0) is 0 Å². The van der Waals surface area contributed by atoms with Crippen molar-refractivity contribution in [2.45, 2.75) is 9.92 Å². The van der Waals surface area contributed by atoms with Gasteiger partial charge in [0.15, 0.2) is 6.19 Å². The third kappa shape index (κ3) is 2.35. The number of hydrogen-bond donors (Lipinski definition) is 0. The van der Waals surface area contributed by atoms with Gasteiger partial charge in [-0.05, 0) is 30.3 Å². The summed E-state index contributed by atoms with van der Waals surface area (Å²) >= 11 is 7.39. The molecule has 0 saturated carbocycles. The fourth-order valence-corrected chi connectivity index (χ4v) is 2.36. The minimum absolute atomic E-state index is 0.704. The van der Waals surface area contributed by atoms with Crippen LogP contribution in [0.3, 0.4) is 0 Å². The van der Waals surface area contributed by atoms with E-state index in [0.717, 1.165) is 9.92 Å². The molecule has 0 amide bonds. The van der Waals surface area contributed by atoms with Gasteiger partial charge in [0, 0.05) is 16.1 Å². The molecule has 0 aliphatic heterocycles. The quantitative estimate of drug-likeness (QED) is 0.794. The summed E-state index contributed by atoms with van der Waals surface area (Å²) in [4.78, 5) is 1.03. The number of benzene rings is 1. The van der Waals surface area contributed by atoms with E-state index in [1.165, 1.54) is 16.3 Å². The highest BCUT2D eigenvalue weighted by atomic mass is 35.5. The van der Waals surface area contributed by atoms with Crippen molar-refractivity contribution in [2.75, 3.05) is 0 Å². The molecule has 0 unspecified atom stereocenters. The average molecular weight is 235 g/mol. The fraction of sp³-hybridized carbons (Fsp3) is 0. The number of nitrogens with zero attached hydrogens (tertiary/aromatic N) is 2. The maximum atomic E-state index is 8.81. The van der Waals surface area contributed by atoms with Crippen molar-refractivity contribution < 1.29 is 0 Å². The Morgan fingerprint density at radius 2 is 2.13 bits per heavy atom. The van der Waals surface area contributed by atoms with Crippen LogP contribution in [0, 0.1) is 11.5 Å². The summed E-state index contributed by atoms with van der Waals surface area (Å²) in [5.41, 5.74) is 0. The minimum atomic E-state index is 0.704. The van der Waals surface area contributed by atoms with E-state index in [2.05, 4.69) is 6.19 Å². The highest BCUT2D eigenvalue weighted by Gasteiger charge is 2.02. The molecule has 0 aliphatic carbocycles. The largest absolute Gasteiger partial charge is 0.249 e. The molecular weight excluding hydrogens is 228 g/mol. The van der Waals surface area contributed by atoms with Crippen molar-refractivity contribution in [3.8, 4) is 6.19 Å². The lowest BCUT2D eigenvalue weighted by molar-refractivity contribution is 0.975. The van der Waals surface area contributed by atoms with Gasteiger partial charge in [0.1, 0.15) is 0 Å². The topological polar surface area (TPSA) is 28.7 Å². The number of hydrogen-bond acceptors (Lipinski definition) is 2. The van der Waals surface area contributed by atoms with Crippen LogP contribution in [-0.4, -0.2) is 4.57 Å². The Kier molecular flexibility index (Phi) is 3.00. The predicted molar refractivity (Wildman–Crippen MR) is 61.0 cm³/mol. The molecule has 1 aromatic carbocycles. The number of halogens is 1. The van der Waals surface area contributed by atoms with Crippen molar-refractivity contribution in [1.29, 1.82) is 5.26 Å². The molecule has 0 radical (unpaired) electrons. The van der Waals surface area contributed by atoms with Crippen LogP contribution in [0.1, 0.15) is 0 Å². The summed E-state index contributed by atoms with van der Waals surface area (Å²) in [7, 11) is 0. The Labute approximate surface area is 97.1 Å². The third-order valence-electron chi connectivity index (χ3n) is 1.84. The molecule has 2 nitrogen and oxygen atoms in total. The Morgan fingerprint density at radius 3 is 2.87 bits per heavy atom. The molecule has 2 aromatic rings. The second-order valence-electron chi connectivity index (χ2n) is 2.88. The number of rotatable bonds is 2. The summed E-state index contributed by atoms with van der Waals surface area (Å²) in [5, 5.41) is 10.4. The summed E-state index contributed by atoms with van der Waals surface area (Å²) in [5.74, 6) is 0. The molecule has 0 spiro atoms. The van der Waals surface area contributed by atoms with Gasteiger partial charge < -0.3 is 0 Å². The Morgan fingerprint density at radius 1 is 1.27 bits per heavy atom. The maximum absolute atomic E-state index is 8.81. The molecule has 0 saturated heterocycles. The molecule has 1 aromatic heterocycles. The van der Waals surface area contributed by atoms with E-state index in [1.54, 1.807) is 6.20 Å². The first-order valence-corrected chi connectivity index (χ1v) is 5.50. The molecule has 0 N–H and O–H groups in total. The second-order valence-corrected chi connectivity index (χ2v) is 4.41. The highest BCUT2D eigenvalue weighted by Crippen LogP contribution is 2.29. The molecule has 0 bridgehead atoms. The van der Waals surface area contributed by atoms with E-state index >= 15 is 0 Å². The smallest absolute Gasteiger partial charge is 0.189 e. The maximum Gasteiger partial charge on any atom is 0.189 e. The zero-order chi connectivity index (χ0) is 10.7. The van der Waals surface area contributed by atoms with E-state index in [-0.39, 0.29) is 0 Å². The van der Waals surface area contributed by atoms with Crippen molar-refractivity contribution in [2.24, 2.45) is 0 Å². The van der Waals surface area contributed by atoms with Crippen LogP contribution >= 0.6 is 23.4 Å². The van der Waals surface area contributed by atoms with Crippen LogP contribution < -0.4 is 0 Å². The lowest BCUT2D eigenvalue weighted by atomic mass is 10.4. The van der Waals surface area contributed by atoms with Gasteiger partial charge in [-0.3, -0.25) is 0 Å². The van der Waals surface area contributed by atoms with Gasteiger partial charge in [0.25, 0.3) is 0 Å². The molecule has 4 heteroatoms.